The predicted molar refractivity (Wildman–Crippen MR) is 118 cm³/mol. The first kappa shape index (κ1) is 20.3. The van der Waals surface area contributed by atoms with Gasteiger partial charge in [0.1, 0.15) is 5.69 Å². The maximum atomic E-state index is 12.9. The lowest BCUT2D eigenvalue weighted by Crippen LogP contribution is -2.29. The second kappa shape index (κ2) is 8.39. The van der Waals surface area contributed by atoms with Crippen LogP contribution in [0.3, 0.4) is 0 Å². The number of carbonyl (C=O) groups is 1. The van der Waals surface area contributed by atoms with Gasteiger partial charge in [-0.25, -0.2) is 0 Å². The number of carbonyl (C=O) groups excluding carboxylic acids is 1. The van der Waals surface area contributed by atoms with Crippen LogP contribution in [0.4, 0.5) is 11.5 Å². The van der Waals surface area contributed by atoms with Gasteiger partial charge in [-0.15, -0.1) is 0 Å². The van der Waals surface area contributed by atoms with Crippen molar-refractivity contribution in [3.8, 4) is 0 Å². The third-order valence-corrected chi connectivity index (χ3v) is 6.38. The Labute approximate surface area is 178 Å². The van der Waals surface area contributed by atoms with Crippen molar-refractivity contribution < 1.29 is 4.79 Å². The fourth-order valence-corrected chi connectivity index (χ4v) is 4.95. The summed E-state index contributed by atoms with van der Waals surface area (Å²) in [5.74, 6) is 1.81. The Bertz CT molecular complexity index is 893. The van der Waals surface area contributed by atoms with Gasteiger partial charge >= 0.3 is 0 Å². The Morgan fingerprint density at radius 2 is 2.07 bits per heavy atom. The van der Waals surface area contributed by atoms with Crippen LogP contribution in [-0.2, 0) is 13.5 Å². The zero-order valence-electron chi connectivity index (χ0n) is 17.7. The first-order valence-corrected chi connectivity index (χ1v) is 11.2. The van der Waals surface area contributed by atoms with Crippen molar-refractivity contribution >= 4 is 29.0 Å². The van der Waals surface area contributed by atoms with Gasteiger partial charge in [0.15, 0.2) is 5.82 Å². The van der Waals surface area contributed by atoms with E-state index in [1.807, 2.05) is 13.1 Å². The number of anilines is 2. The fourth-order valence-electron chi connectivity index (χ4n) is 4.52. The van der Waals surface area contributed by atoms with E-state index in [2.05, 4.69) is 30.1 Å². The second-order valence-electron chi connectivity index (χ2n) is 8.64. The number of hydrogen-bond acceptors (Lipinski definition) is 3. The number of amides is 1. The number of halogens is 1. The second-order valence-corrected chi connectivity index (χ2v) is 9.04. The highest BCUT2D eigenvalue weighted by molar-refractivity contribution is 6.33. The minimum atomic E-state index is -0.0127. The van der Waals surface area contributed by atoms with Crippen molar-refractivity contribution in [2.45, 2.75) is 58.8 Å². The molecule has 1 saturated carbocycles. The number of fused-ring (bicyclic) bond motifs is 1. The van der Waals surface area contributed by atoms with Gasteiger partial charge in [0, 0.05) is 25.7 Å². The highest BCUT2D eigenvalue weighted by Crippen LogP contribution is 2.40. The van der Waals surface area contributed by atoms with Crippen LogP contribution in [-0.4, -0.2) is 28.8 Å². The van der Waals surface area contributed by atoms with Crippen molar-refractivity contribution in [2.24, 2.45) is 13.0 Å². The van der Waals surface area contributed by atoms with Crippen LogP contribution < -0.4 is 10.2 Å². The fraction of sp³-hybridized carbons (Fsp3) is 0.565. The Hall–Kier alpha value is -2.01. The third kappa shape index (κ3) is 4.30. The minimum Gasteiger partial charge on any atom is -0.351 e. The van der Waals surface area contributed by atoms with Crippen LogP contribution in [0, 0.1) is 19.8 Å². The average molecular weight is 415 g/mol. The molecule has 4 rings (SSSR count). The van der Waals surface area contributed by atoms with Crippen LogP contribution in [0.5, 0.6) is 0 Å². The van der Waals surface area contributed by atoms with Gasteiger partial charge < -0.3 is 10.2 Å². The molecule has 1 aliphatic carbocycles. The van der Waals surface area contributed by atoms with Gasteiger partial charge in [-0.2, -0.15) is 5.10 Å². The lowest BCUT2D eigenvalue weighted by atomic mass is 10.0. The lowest BCUT2D eigenvalue weighted by Gasteiger charge is -2.30. The zero-order chi connectivity index (χ0) is 20.5. The van der Waals surface area contributed by atoms with Gasteiger partial charge in [0.25, 0.3) is 5.91 Å². The van der Waals surface area contributed by atoms with E-state index in [0.29, 0.717) is 5.69 Å². The molecule has 1 aliphatic heterocycles. The van der Waals surface area contributed by atoms with Gasteiger partial charge in [-0.05, 0) is 56.2 Å². The maximum Gasteiger partial charge on any atom is 0.269 e. The molecule has 1 amide bonds. The summed E-state index contributed by atoms with van der Waals surface area (Å²) in [6.07, 6.45) is 8.20. The summed E-state index contributed by atoms with van der Waals surface area (Å²) in [5.41, 5.74) is 5.01. The number of benzene rings is 1. The smallest absolute Gasteiger partial charge is 0.269 e. The van der Waals surface area contributed by atoms with Crippen LogP contribution in [0.25, 0.3) is 0 Å². The molecule has 5 nitrogen and oxygen atoms in total. The molecule has 2 aromatic rings. The van der Waals surface area contributed by atoms with Crippen molar-refractivity contribution in [3.05, 3.63) is 39.5 Å². The van der Waals surface area contributed by atoms with Crippen molar-refractivity contribution in [3.63, 3.8) is 0 Å². The summed E-state index contributed by atoms with van der Waals surface area (Å²) in [6, 6.07) is 4.14. The van der Waals surface area contributed by atoms with Crippen molar-refractivity contribution in [2.75, 3.05) is 18.0 Å². The first-order chi connectivity index (χ1) is 14.0. The molecule has 2 aliphatic rings. The standard InChI is InChI=1S/C23H31ClN4O/c1-15-13-16(2)20(19(24)14-15)28-12-6-8-18-21(27(3)26-22(18)28)23(29)25-11-5-4-7-17-9-10-17/h13-14,17H,4-12H2,1-3H3,(H,25,29). The average Bonchev–Trinajstić information content (AvgIpc) is 3.41. The molecule has 0 spiro atoms. The van der Waals surface area contributed by atoms with Crippen molar-refractivity contribution in [1.29, 1.82) is 0 Å². The van der Waals surface area contributed by atoms with E-state index in [1.54, 1.807) is 4.68 Å². The van der Waals surface area contributed by atoms with E-state index < -0.39 is 0 Å². The van der Waals surface area contributed by atoms with Crippen molar-refractivity contribution in [1.82, 2.24) is 15.1 Å². The summed E-state index contributed by atoms with van der Waals surface area (Å²) >= 11 is 6.61. The first-order valence-electron chi connectivity index (χ1n) is 10.8. The van der Waals surface area contributed by atoms with Gasteiger partial charge in [-0.1, -0.05) is 43.4 Å². The molecule has 1 N–H and O–H groups in total. The Morgan fingerprint density at radius 3 is 2.79 bits per heavy atom. The predicted octanol–water partition coefficient (Wildman–Crippen LogP) is 5.08. The SMILES string of the molecule is Cc1cc(C)c(N2CCCc3c2nn(C)c3C(=O)NCCCCC2CC2)c(Cl)c1. The molecule has 0 atom stereocenters. The topological polar surface area (TPSA) is 50.2 Å². The largest absolute Gasteiger partial charge is 0.351 e. The third-order valence-electron chi connectivity index (χ3n) is 6.09. The molecule has 1 aromatic carbocycles. The van der Waals surface area contributed by atoms with E-state index in [-0.39, 0.29) is 5.91 Å². The van der Waals surface area contributed by atoms with Gasteiger partial charge in [0.2, 0.25) is 0 Å². The van der Waals surface area contributed by atoms with E-state index in [1.165, 1.54) is 25.7 Å². The molecule has 6 heteroatoms. The van der Waals surface area contributed by atoms with Crippen LogP contribution in [0.2, 0.25) is 5.02 Å². The number of aromatic nitrogens is 2. The minimum absolute atomic E-state index is 0.0127. The quantitative estimate of drug-likeness (QED) is 0.642. The Kier molecular flexibility index (Phi) is 5.86. The normalized spacial score (nSPS) is 16.1. The van der Waals surface area contributed by atoms with Crippen LogP contribution in [0.1, 0.15) is 65.7 Å². The van der Waals surface area contributed by atoms with E-state index in [9.17, 15) is 4.79 Å². The number of nitrogens with one attached hydrogen (secondary N) is 1. The Balaban J connectivity index is 1.53. The van der Waals surface area contributed by atoms with E-state index >= 15 is 0 Å². The van der Waals surface area contributed by atoms with Gasteiger partial charge in [0.05, 0.1) is 10.7 Å². The molecule has 0 bridgehead atoms. The highest BCUT2D eigenvalue weighted by Gasteiger charge is 2.30. The molecule has 29 heavy (non-hydrogen) atoms. The number of aryl methyl sites for hydroxylation is 3. The molecule has 0 saturated heterocycles. The molecule has 0 unspecified atom stereocenters. The molecule has 156 valence electrons. The maximum absolute atomic E-state index is 12.9. The summed E-state index contributed by atoms with van der Waals surface area (Å²) in [5, 5.41) is 8.58. The summed E-state index contributed by atoms with van der Waals surface area (Å²) in [4.78, 5) is 15.1. The summed E-state index contributed by atoms with van der Waals surface area (Å²) in [6.45, 7) is 5.73. The van der Waals surface area contributed by atoms with Crippen LogP contribution >= 0.6 is 11.6 Å². The summed E-state index contributed by atoms with van der Waals surface area (Å²) in [7, 11) is 1.86. The van der Waals surface area contributed by atoms with E-state index in [4.69, 9.17) is 16.7 Å². The molecular weight excluding hydrogens is 384 g/mol. The molecule has 2 heterocycles. The number of hydrogen-bond donors (Lipinski definition) is 1. The monoisotopic (exact) mass is 414 g/mol. The zero-order valence-corrected chi connectivity index (χ0v) is 18.5. The number of nitrogens with zero attached hydrogens (tertiary/aromatic N) is 3. The van der Waals surface area contributed by atoms with E-state index in [0.717, 1.165) is 71.5 Å². The Morgan fingerprint density at radius 1 is 1.28 bits per heavy atom. The molecular formula is C23H31ClN4O. The summed E-state index contributed by atoms with van der Waals surface area (Å²) < 4.78 is 1.74. The highest BCUT2D eigenvalue weighted by atomic mass is 35.5. The molecule has 1 aromatic heterocycles. The molecule has 1 fully saturated rings. The lowest BCUT2D eigenvalue weighted by molar-refractivity contribution is 0.0942. The van der Waals surface area contributed by atoms with Gasteiger partial charge in [-0.3, -0.25) is 9.48 Å². The van der Waals surface area contributed by atoms with Crippen LogP contribution in [0.15, 0.2) is 12.1 Å². The number of unbranched alkanes of at least 4 members (excludes halogenated alkanes) is 1. The number of rotatable bonds is 7. The molecule has 0 radical (unpaired) electrons.